The number of hydrogen-bond acceptors (Lipinski definition) is 6. The summed E-state index contributed by atoms with van der Waals surface area (Å²) in [5.74, 6) is 0.878. The average Bonchev–Trinajstić information content (AvgIpc) is 3.03. The summed E-state index contributed by atoms with van der Waals surface area (Å²) in [7, 11) is 0. The van der Waals surface area contributed by atoms with Gasteiger partial charge in [0.15, 0.2) is 0 Å². The van der Waals surface area contributed by atoms with Crippen LogP contribution in [0.2, 0.25) is 0 Å². The highest BCUT2D eigenvalue weighted by atomic mass is 127. The minimum Gasteiger partial charge on any atom is -0.444 e. The van der Waals surface area contributed by atoms with Crippen molar-refractivity contribution in [2.45, 2.75) is 70.2 Å². The van der Waals surface area contributed by atoms with Crippen LogP contribution in [-0.2, 0) is 4.74 Å². The largest absolute Gasteiger partial charge is 0.444 e. The van der Waals surface area contributed by atoms with Crippen molar-refractivity contribution in [3.05, 3.63) is 9.90 Å². The Morgan fingerprint density at radius 2 is 2.04 bits per heavy atom. The molecule has 4 heterocycles. The van der Waals surface area contributed by atoms with Crippen molar-refractivity contribution in [3.8, 4) is 0 Å². The van der Waals surface area contributed by atoms with E-state index in [0.717, 1.165) is 40.7 Å². The number of anilines is 1. The SMILES string of the molecule is CC(C)(C)OC(=O)NC1C[C@H]2CC[C@@H](C1)N2c1cnc2c(I)[nH]nc2n1. The van der Waals surface area contributed by atoms with Crippen LogP contribution in [0.25, 0.3) is 11.2 Å². The zero-order valence-corrected chi connectivity index (χ0v) is 17.3. The van der Waals surface area contributed by atoms with E-state index >= 15 is 0 Å². The number of alkyl carbamates (subject to hydrolysis) is 1. The van der Waals surface area contributed by atoms with Crippen molar-refractivity contribution < 1.29 is 9.53 Å². The molecule has 2 aliphatic heterocycles. The van der Waals surface area contributed by atoms with Crippen LogP contribution >= 0.6 is 22.6 Å². The van der Waals surface area contributed by atoms with Gasteiger partial charge in [0.05, 0.1) is 6.20 Å². The second kappa shape index (κ2) is 6.50. The number of rotatable bonds is 2. The molecule has 2 saturated heterocycles. The number of aromatic amines is 1. The fourth-order valence-electron chi connectivity index (χ4n) is 4.03. The lowest BCUT2D eigenvalue weighted by Gasteiger charge is -2.39. The van der Waals surface area contributed by atoms with E-state index in [-0.39, 0.29) is 12.1 Å². The standard InChI is InChI=1S/C17H23IN6O2/c1-17(2,3)26-16(25)20-9-6-10-4-5-11(7-9)24(10)12-8-19-13-14(18)22-23-15(13)21-12/h8-11H,4-7H2,1-3H3,(H,20,25)(H,21,22,23)/t9?,10-,11+. The van der Waals surface area contributed by atoms with Crippen LogP contribution in [-0.4, -0.2) is 50.0 Å². The molecule has 1 amide bonds. The number of nitrogens with one attached hydrogen (secondary N) is 2. The van der Waals surface area contributed by atoms with Gasteiger partial charge in [0.2, 0.25) is 5.65 Å². The van der Waals surface area contributed by atoms with Gasteiger partial charge in [-0.25, -0.2) is 14.8 Å². The maximum Gasteiger partial charge on any atom is 0.407 e. The summed E-state index contributed by atoms with van der Waals surface area (Å²) < 4.78 is 6.30. The van der Waals surface area contributed by atoms with Gasteiger partial charge in [-0.1, -0.05) is 0 Å². The summed E-state index contributed by atoms with van der Waals surface area (Å²) >= 11 is 2.18. The number of amides is 1. The van der Waals surface area contributed by atoms with E-state index in [4.69, 9.17) is 9.72 Å². The third-order valence-electron chi connectivity index (χ3n) is 4.93. The van der Waals surface area contributed by atoms with Crippen molar-refractivity contribution in [1.82, 2.24) is 25.5 Å². The number of carbonyl (C=O) groups is 1. The molecule has 0 spiro atoms. The van der Waals surface area contributed by atoms with Crippen LogP contribution in [0.15, 0.2) is 6.20 Å². The van der Waals surface area contributed by atoms with Crippen molar-refractivity contribution in [2.75, 3.05) is 4.90 Å². The molecule has 4 rings (SSSR count). The number of H-pyrrole nitrogens is 1. The Kier molecular flexibility index (Phi) is 4.44. The van der Waals surface area contributed by atoms with E-state index < -0.39 is 5.60 Å². The first-order chi connectivity index (χ1) is 12.3. The predicted octanol–water partition coefficient (Wildman–Crippen LogP) is 2.98. The molecule has 2 aliphatic rings. The maximum atomic E-state index is 12.1. The zero-order valence-electron chi connectivity index (χ0n) is 15.1. The Morgan fingerprint density at radius 1 is 1.35 bits per heavy atom. The number of nitrogens with zero attached hydrogens (tertiary/aromatic N) is 4. The number of fused-ring (bicyclic) bond motifs is 3. The van der Waals surface area contributed by atoms with E-state index in [2.05, 4.69) is 48.0 Å². The third kappa shape index (κ3) is 3.45. The molecule has 0 aliphatic carbocycles. The molecule has 140 valence electrons. The van der Waals surface area contributed by atoms with Crippen LogP contribution in [0.1, 0.15) is 46.5 Å². The Balaban J connectivity index is 1.47. The van der Waals surface area contributed by atoms with Gasteiger partial charge in [-0.15, -0.1) is 0 Å². The number of ether oxygens (including phenoxy) is 1. The van der Waals surface area contributed by atoms with Gasteiger partial charge in [0, 0.05) is 18.1 Å². The van der Waals surface area contributed by atoms with Crippen molar-refractivity contribution in [2.24, 2.45) is 0 Å². The quantitative estimate of drug-likeness (QED) is 0.656. The topological polar surface area (TPSA) is 96.0 Å². The molecule has 0 aromatic carbocycles. The number of hydrogen-bond donors (Lipinski definition) is 2. The average molecular weight is 470 g/mol. The summed E-state index contributed by atoms with van der Waals surface area (Å²) in [5.41, 5.74) is 0.985. The minimum absolute atomic E-state index is 0.140. The van der Waals surface area contributed by atoms with Gasteiger partial charge in [0.1, 0.15) is 20.6 Å². The lowest BCUT2D eigenvalue weighted by atomic mass is 9.97. The summed E-state index contributed by atoms with van der Waals surface area (Å²) in [6.45, 7) is 5.64. The molecule has 2 bridgehead atoms. The molecule has 0 radical (unpaired) electrons. The molecule has 0 saturated carbocycles. The van der Waals surface area contributed by atoms with E-state index in [9.17, 15) is 4.79 Å². The van der Waals surface area contributed by atoms with Gasteiger partial charge < -0.3 is 15.0 Å². The molecule has 8 nitrogen and oxygen atoms in total. The molecule has 2 fully saturated rings. The highest BCUT2D eigenvalue weighted by molar-refractivity contribution is 14.1. The highest BCUT2D eigenvalue weighted by Crippen LogP contribution is 2.38. The summed E-state index contributed by atoms with van der Waals surface area (Å²) in [6, 6.07) is 0.860. The van der Waals surface area contributed by atoms with Gasteiger partial charge in [0.25, 0.3) is 0 Å². The maximum absolute atomic E-state index is 12.1. The predicted molar refractivity (Wildman–Crippen MR) is 106 cm³/mol. The first-order valence-electron chi connectivity index (χ1n) is 8.94. The van der Waals surface area contributed by atoms with E-state index in [1.165, 1.54) is 0 Å². The molecule has 26 heavy (non-hydrogen) atoms. The lowest BCUT2D eigenvalue weighted by molar-refractivity contribution is 0.0492. The number of carbonyl (C=O) groups excluding carboxylic acids is 1. The van der Waals surface area contributed by atoms with Gasteiger partial charge in [-0.05, 0) is 69.0 Å². The van der Waals surface area contributed by atoms with Crippen molar-refractivity contribution in [1.29, 1.82) is 0 Å². The molecule has 3 atom stereocenters. The first-order valence-corrected chi connectivity index (χ1v) is 10.0. The first kappa shape index (κ1) is 17.7. The second-order valence-electron chi connectivity index (χ2n) is 8.04. The Labute approximate surface area is 165 Å². The number of halogens is 1. The van der Waals surface area contributed by atoms with Crippen LogP contribution in [0, 0.1) is 3.70 Å². The van der Waals surface area contributed by atoms with E-state index in [1.807, 2.05) is 27.0 Å². The zero-order chi connectivity index (χ0) is 18.5. The summed E-state index contributed by atoms with van der Waals surface area (Å²) in [5, 5.41) is 10.2. The molecular weight excluding hydrogens is 447 g/mol. The lowest BCUT2D eigenvalue weighted by Crippen LogP contribution is -2.51. The smallest absolute Gasteiger partial charge is 0.407 e. The third-order valence-corrected chi connectivity index (χ3v) is 5.68. The minimum atomic E-state index is -0.476. The van der Waals surface area contributed by atoms with E-state index in [1.54, 1.807) is 0 Å². The van der Waals surface area contributed by atoms with Crippen molar-refractivity contribution >= 4 is 45.7 Å². The Hall–Kier alpha value is -1.65. The highest BCUT2D eigenvalue weighted by Gasteiger charge is 2.42. The number of aromatic nitrogens is 4. The van der Waals surface area contributed by atoms with Crippen LogP contribution in [0.5, 0.6) is 0 Å². The summed E-state index contributed by atoms with van der Waals surface area (Å²) in [6.07, 6.45) is 5.51. The van der Waals surface area contributed by atoms with Crippen molar-refractivity contribution in [3.63, 3.8) is 0 Å². The molecule has 2 aromatic rings. The van der Waals surface area contributed by atoms with Gasteiger partial charge in [-0.3, -0.25) is 5.10 Å². The number of piperidine rings is 1. The summed E-state index contributed by atoms with van der Waals surface area (Å²) in [4.78, 5) is 23.7. The fourth-order valence-corrected chi connectivity index (χ4v) is 4.53. The van der Waals surface area contributed by atoms with Crippen LogP contribution < -0.4 is 10.2 Å². The Bertz CT molecular complexity index is 818. The molecular formula is C17H23IN6O2. The molecule has 2 aromatic heterocycles. The second-order valence-corrected chi connectivity index (χ2v) is 9.12. The van der Waals surface area contributed by atoms with Crippen LogP contribution in [0.4, 0.5) is 10.6 Å². The molecule has 9 heteroatoms. The van der Waals surface area contributed by atoms with Gasteiger partial charge >= 0.3 is 6.09 Å². The van der Waals surface area contributed by atoms with Crippen LogP contribution in [0.3, 0.4) is 0 Å². The monoisotopic (exact) mass is 470 g/mol. The molecule has 1 unspecified atom stereocenters. The van der Waals surface area contributed by atoms with E-state index in [0.29, 0.717) is 17.7 Å². The molecule has 2 N–H and O–H groups in total. The fraction of sp³-hybridized carbons (Fsp3) is 0.647. The Morgan fingerprint density at radius 3 is 2.69 bits per heavy atom. The van der Waals surface area contributed by atoms with Gasteiger partial charge in [-0.2, -0.15) is 5.10 Å². The normalized spacial score (nSPS) is 25.5.